The standard InChI is InChI=1S/C17H20FNO2S/c1-13(2)15-6-8-17(9-7-15)22(20,21)19-11-10-14-4-3-5-16(18)12-14/h3-9,12-13,19H,10-11H2,1-2H3. The van der Waals surface area contributed by atoms with Crippen molar-refractivity contribution in [3.63, 3.8) is 0 Å². The van der Waals surface area contributed by atoms with Crippen molar-refractivity contribution in [2.75, 3.05) is 6.54 Å². The van der Waals surface area contributed by atoms with E-state index in [2.05, 4.69) is 18.6 Å². The van der Waals surface area contributed by atoms with Crippen LogP contribution in [0.3, 0.4) is 0 Å². The summed E-state index contributed by atoms with van der Waals surface area (Å²) in [5, 5.41) is 0. The van der Waals surface area contributed by atoms with E-state index in [1.165, 1.54) is 12.1 Å². The third-order valence-corrected chi connectivity index (χ3v) is 4.93. The Morgan fingerprint density at radius 3 is 2.36 bits per heavy atom. The topological polar surface area (TPSA) is 46.2 Å². The molecule has 0 saturated carbocycles. The molecule has 0 aromatic heterocycles. The molecule has 5 heteroatoms. The number of hydrogen-bond donors (Lipinski definition) is 1. The second kappa shape index (κ2) is 7.03. The summed E-state index contributed by atoms with van der Waals surface area (Å²) < 4.78 is 40.0. The van der Waals surface area contributed by atoms with Gasteiger partial charge in [-0.15, -0.1) is 0 Å². The molecule has 0 unspecified atom stereocenters. The van der Waals surface area contributed by atoms with Crippen LogP contribution in [0, 0.1) is 5.82 Å². The summed E-state index contributed by atoms with van der Waals surface area (Å²) >= 11 is 0. The van der Waals surface area contributed by atoms with Crippen molar-refractivity contribution in [3.8, 4) is 0 Å². The molecule has 2 aromatic rings. The molecule has 0 aliphatic rings. The second-order valence-electron chi connectivity index (χ2n) is 5.50. The summed E-state index contributed by atoms with van der Waals surface area (Å²) in [4.78, 5) is 0.246. The molecule has 0 fully saturated rings. The van der Waals surface area contributed by atoms with E-state index in [9.17, 15) is 12.8 Å². The fourth-order valence-corrected chi connectivity index (χ4v) is 3.17. The van der Waals surface area contributed by atoms with E-state index >= 15 is 0 Å². The minimum absolute atomic E-state index is 0.234. The van der Waals surface area contributed by atoms with Crippen LogP contribution in [0.2, 0.25) is 0 Å². The molecule has 0 spiro atoms. The highest BCUT2D eigenvalue weighted by atomic mass is 32.2. The number of benzene rings is 2. The van der Waals surface area contributed by atoms with Crippen LogP contribution >= 0.6 is 0 Å². The Kier molecular flexibility index (Phi) is 5.32. The molecule has 0 bridgehead atoms. The first-order valence-corrected chi connectivity index (χ1v) is 8.71. The predicted octanol–water partition coefficient (Wildman–Crippen LogP) is 3.47. The minimum Gasteiger partial charge on any atom is -0.211 e. The van der Waals surface area contributed by atoms with Gasteiger partial charge in [0, 0.05) is 6.54 Å². The molecule has 118 valence electrons. The van der Waals surface area contributed by atoms with Gasteiger partial charge in [0.2, 0.25) is 10.0 Å². The fraction of sp³-hybridized carbons (Fsp3) is 0.294. The van der Waals surface area contributed by atoms with Gasteiger partial charge >= 0.3 is 0 Å². The SMILES string of the molecule is CC(C)c1ccc(S(=O)(=O)NCCc2cccc(F)c2)cc1. The molecule has 0 radical (unpaired) electrons. The van der Waals surface area contributed by atoms with Gasteiger partial charge in [0.1, 0.15) is 5.82 Å². The number of nitrogens with one attached hydrogen (secondary N) is 1. The van der Waals surface area contributed by atoms with Gasteiger partial charge in [-0.1, -0.05) is 38.1 Å². The van der Waals surface area contributed by atoms with Crippen LogP contribution in [0.15, 0.2) is 53.4 Å². The van der Waals surface area contributed by atoms with E-state index in [4.69, 9.17) is 0 Å². The maximum Gasteiger partial charge on any atom is 0.240 e. The second-order valence-corrected chi connectivity index (χ2v) is 7.27. The van der Waals surface area contributed by atoms with E-state index in [1.54, 1.807) is 24.3 Å². The highest BCUT2D eigenvalue weighted by Crippen LogP contribution is 2.17. The van der Waals surface area contributed by atoms with Crippen molar-refractivity contribution < 1.29 is 12.8 Å². The fourth-order valence-electron chi connectivity index (χ4n) is 2.14. The van der Waals surface area contributed by atoms with Crippen molar-refractivity contribution in [2.24, 2.45) is 0 Å². The first kappa shape index (κ1) is 16.6. The molecule has 0 saturated heterocycles. The van der Waals surface area contributed by atoms with E-state index in [-0.39, 0.29) is 17.3 Å². The molecule has 0 atom stereocenters. The van der Waals surface area contributed by atoms with Crippen LogP contribution in [0.4, 0.5) is 4.39 Å². The van der Waals surface area contributed by atoms with Crippen LogP contribution < -0.4 is 4.72 Å². The average Bonchev–Trinajstić information content (AvgIpc) is 2.47. The Balaban J connectivity index is 1.99. The molecule has 1 N–H and O–H groups in total. The lowest BCUT2D eigenvalue weighted by Crippen LogP contribution is -2.26. The maximum atomic E-state index is 13.1. The van der Waals surface area contributed by atoms with Gasteiger partial charge in [-0.2, -0.15) is 0 Å². The zero-order valence-electron chi connectivity index (χ0n) is 12.7. The zero-order valence-corrected chi connectivity index (χ0v) is 13.5. The smallest absolute Gasteiger partial charge is 0.211 e. The van der Waals surface area contributed by atoms with Crippen LogP contribution in [0.25, 0.3) is 0 Å². The molecule has 0 amide bonds. The van der Waals surface area contributed by atoms with Crippen LogP contribution in [-0.4, -0.2) is 15.0 Å². The van der Waals surface area contributed by atoms with Gasteiger partial charge in [-0.05, 0) is 47.7 Å². The zero-order chi connectivity index (χ0) is 16.2. The Morgan fingerprint density at radius 2 is 1.77 bits per heavy atom. The summed E-state index contributed by atoms with van der Waals surface area (Å²) in [6.45, 7) is 4.35. The highest BCUT2D eigenvalue weighted by Gasteiger charge is 2.13. The summed E-state index contributed by atoms with van der Waals surface area (Å²) in [6, 6.07) is 13.0. The van der Waals surface area contributed by atoms with Crippen molar-refractivity contribution in [2.45, 2.75) is 31.1 Å². The summed E-state index contributed by atoms with van der Waals surface area (Å²) in [6.07, 6.45) is 0.446. The quantitative estimate of drug-likeness (QED) is 0.885. The normalized spacial score (nSPS) is 11.8. The first-order chi connectivity index (χ1) is 10.4. The monoisotopic (exact) mass is 321 g/mol. The Hall–Kier alpha value is -1.72. The molecule has 0 heterocycles. The van der Waals surface area contributed by atoms with Crippen molar-refractivity contribution >= 4 is 10.0 Å². The Morgan fingerprint density at radius 1 is 1.09 bits per heavy atom. The maximum absolute atomic E-state index is 13.1. The molecule has 0 aliphatic heterocycles. The Labute approximate surface area is 131 Å². The van der Waals surface area contributed by atoms with Gasteiger partial charge in [0.25, 0.3) is 0 Å². The molecule has 2 aromatic carbocycles. The highest BCUT2D eigenvalue weighted by molar-refractivity contribution is 7.89. The molecule has 3 nitrogen and oxygen atoms in total. The van der Waals surface area contributed by atoms with E-state index in [0.29, 0.717) is 12.3 Å². The third-order valence-electron chi connectivity index (χ3n) is 3.45. The lowest BCUT2D eigenvalue weighted by atomic mass is 10.0. The van der Waals surface area contributed by atoms with E-state index < -0.39 is 10.0 Å². The van der Waals surface area contributed by atoms with Crippen molar-refractivity contribution in [1.82, 2.24) is 4.72 Å². The van der Waals surface area contributed by atoms with Crippen LogP contribution in [-0.2, 0) is 16.4 Å². The van der Waals surface area contributed by atoms with E-state index in [1.807, 2.05) is 12.1 Å². The number of hydrogen-bond acceptors (Lipinski definition) is 2. The minimum atomic E-state index is -3.53. The number of rotatable bonds is 6. The van der Waals surface area contributed by atoms with Gasteiger partial charge in [-0.25, -0.2) is 17.5 Å². The summed E-state index contributed by atoms with van der Waals surface area (Å²) in [5.41, 5.74) is 1.86. The van der Waals surface area contributed by atoms with Gasteiger partial charge in [-0.3, -0.25) is 0 Å². The molecule has 0 aliphatic carbocycles. The van der Waals surface area contributed by atoms with Gasteiger partial charge in [0.05, 0.1) is 4.90 Å². The largest absolute Gasteiger partial charge is 0.240 e. The van der Waals surface area contributed by atoms with E-state index in [0.717, 1.165) is 11.1 Å². The first-order valence-electron chi connectivity index (χ1n) is 7.22. The average molecular weight is 321 g/mol. The molecule has 2 rings (SSSR count). The summed E-state index contributed by atoms with van der Waals surface area (Å²) in [7, 11) is -3.53. The summed E-state index contributed by atoms with van der Waals surface area (Å²) in [5.74, 6) is 0.0438. The van der Waals surface area contributed by atoms with Crippen molar-refractivity contribution in [1.29, 1.82) is 0 Å². The van der Waals surface area contributed by atoms with Crippen LogP contribution in [0.5, 0.6) is 0 Å². The lowest BCUT2D eigenvalue weighted by molar-refractivity contribution is 0.581. The number of halogens is 1. The molecular weight excluding hydrogens is 301 g/mol. The van der Waals surface area contributed by atoms with Crippen molar-refractivity contribution in [3.05, 3.63) is 65.5 Å². The molecule has 22 heavy (non-hydrogen) atoms. The molecular formula is C17H20FNO2S. The third kappa shape index (κ3) is 4.39. The van der Waals surface area contributed by atoms with Crippen LogP contribution in [0.1, 0.15) is 30.9 Å². The van der Waals surface area contributed by atoms with Gasteiger partial charge < -0.3 is 0 Å². The number of sulfonamides is 1. The predicted molar refractivity (Wildman–Crippen MR) is 85.8 cm³/mol. The van der Waals surface area contributed by atoms with Gasteiger partial charge in [0.15, 0.2) is 0 Å². The lowest BCUT2D eigenvalue weighted by Gasteiger charge is -2.09. The Bertz CT molecular complexity index is 725.